The molecule has 0 atom stereocenters. The lowest BCUT2D eigenvalue weighted by Crippen LogP contribution is -2.44. The van der Waals surface area contributed by atoms with Gasteiger partial charge < -0.3 is 5.73 Å². The van der Waals surface area contributed by atoms with Gasteiger partial charge in [0.25, 0.3) is 11.8 Å². The van der Waals surface area contributed by atoms with Crippen molar-refractivity contribution in [3.63, 3.8) is 0 Å². The Kier molecular flexibility index (Phi) is 4.71. The van der Waals surface area contributed by atoms with Crippen molar-refractivity contribution in [2.75, 3.05) is 25.4 Å². The fraction of sp³-hybridized carbons (Fsp3) is 0.500. The van der Waals surface area contributed by atoms with Gasteiger partial charge in [-0.25, -0.2) is 12.7 Å². The predicted molar refractivity (Wildman–Crippen MR) is 89.0 cm³/mol. The minimum Gasteiger partial charge on any atom is -0.328 e. The highest BCUT2D eigenvalue weighted by atomic mass is 32.2. The van der Waals surface area contributed by atoms with E-state index in [2.05, 4.69) is 0 Å². The first-order valence-electron chi connectivity index (χ1n) is 8.09. The van der Waals surface area contributed by atoms with E-state index in [0.29, 0.717) is 37.1 Å². The maximum Gasteiger partial charge on any atom is 0.261 e. The van der Waals surface area contributed by atoms with Crippen molar-refractivity contribution in [3.05, 3.63) is 35.4 Å². The Hall–Kier alpha value is -1.77. The Balaban J connectivity index is 1.57. The fourth-order valence-electron chi connectivity index (χ4n) is 3.13. The SMILES string of the molecule is NC1CCN(S(=O)(=O)CCCN2C(=O)c3ccccc3C2=O)CC1. The van der Waals surface area contributed by atoms with Crippen LogP contribution in [0.25, 0.3) is 0 Å². The number of hydrogen-bond donors (Lipinski definition) is 1. The summed E-state index contributed by atoms with van der Waals surface area (Å²) in [7, 11) is -3.37. The maximum atomic E-state index is 12.3. The molecule has 0 radical (unpaired) electrons. The summed E-state index contributed by atoms with van der Waals surface area (Å²) in [5.41, 5.74) is 6.56. The van der Waals surface area contributed by atoms with E-state index in [4.69, 9.17) is 5.73 Å². The highest BCUT2D eigenvalue weighted by molar-refractivity contribution is 7.89. The average Bonchev–Trinajstić information content (AvgIpc) is 2.80. The van der Waals surface area contributed by atoms with Gasteiger partial charge in [-0.05, 0) is 31.4 Å². The molecule has 0 spiro atoms. The molecule has 24 heavy (non-hydrogen) atoms. The highest BCUT2D eigenvalue weighted by Crippen LogP contribution is 2.22. The van der Waals surface area contributed by atoms with E-state index in [9.17, 15) is 18.0 Å². The van der Waals surface area contributed by atoms with Gasteiger partial charge in [0.05, 0.1) is 16.9 Å². The topological polar surface area (TPSA) is 101 Å². The van der Waals surface area contributed by atoms with Crippen LogP contribution in [0.4, 0.5) is 0 Å². The largest absolute Gasteiger partial charge is 0.328 e. The molecule has 2 aliphatic heterocycles. The summed E-state index contributed by atoms with van der Waals surface area (Å²) in [4.78, 5) is 25.6. The van der Waals surface area contributed by atoms with Crippen LogP contribution in [0.15, 0.2) is 24.3 Å². The van der Waals surface area contributed by atoms with Crippen LogP contribution < -0.4 is 5.73 Å². The molecule has 2 aliphatic rings. The molecule has 2 heterocycles. The second-order valence-corrected chi connectivity index (χ2v) is 8.30. The Morgan fingerprint density at radius 3 is 2.12 bits per heavy atom. The minimum absolute atomic E-state index is 0.0646. The molecule has 0 unspecified atom stereocenters. The van der Waals surface area contributed by atoms with Crippen LogP contribution in [0.5, 0.6) is 0 Å². The second kappa shape index (κ2) is 6.62. The van der Waals surface area contributed by atoms with Crippen molar-refractivity contribution in [1.29, 1.82) is 0 Å². The molecular formula is C16H21N3O4S. The van der Waals surface area contributed by atoms with Gasteiger partial charge in [0.2, 0.25) is 10.0 Å². The van der Waals surface area contributed by atoms with Crippen molar-refractivity contribution in [2.45, 2.75) is 25.3 Å². The molecule has 3 rings (SSSR count). The van der Waals surface area contributed by atoms with Gasteiger partial charge in [-0.1, -0.05) is 12.1 Å². The van der Waals surface area contributed by atoms with E-state index in [-0.39, 0.29) is 36.6 Å². The zero-order valence-electron chi connectivity index (χ0n) is 13.3. The highest BCUT2D eigenvalue weighted by Gasteiger charge is 2.35. The lowest BCUT2D eigenvalue weighted by molar-refractivity contribution is 0.0654. The molecule has 0 bridgehead atoms. The molecule has 1 saturated heterocycles. The van der Waals surface area contributed by atoms with Crippen LogP contribution in [0.3, 0.4) is 0 Å². The number of imide groups is 1. The number of hydrogen-bond acceptors (Lipinski definition) is 5. The summed E-state index contributed by atoms with van der Waals surface area (Å²) in [6.45, 7) is 0.992. The normalized spacial score (nSPS) is 19.8. The van der Waals surface area contributed by atoms with Gasteiger partial charge in [-0.15, -0.1) is 0 Å². The zero-order valence-corrected chi connectivity index (χ0v) is 14.2. The molecule has 2 N–H and O–H groups in total. The average molecular weight is 351 g/mol. The van der Waals surface area contributed by atoms with Gasteiger partial charge in [0.15, 0.2) is 0 Å². The lowest BCUT2D eigenvalue weighted by atomic mass is 10.1. The number of carbonyl (C=O) groups excluding carboxylic acids is 2. The number of carbonyl (C=O) groups is 2. The van der Waals surface area contributed by atoms with Gasteiger partial charge in [-0.3, -0.25) is 14.5 Å². The summed E-state index contributed by atoms with van der Waals surface area (Å²) < 4.78 is 26.1. The van der Waals surface area contributed by atoms with Gasteiger partial charge >= 0.3 is 0 Å². The molecular weight excluding hydrogens is 330 g/mol. The summed E-state index contributed by atoms with van der Waals surface area (Å²) in [5, 5.41) is 0. The third kappa shape index (κ3) is 3.22. The number of benzene rings is 1. The van der Waals surface area contributed by atoms with Gasteiger partial charge in [0.1, 0.15) is 0 Å². The number of nitrogens with zero attached hydrogens (tertiary/aromatic N) is 2. The van der Waals surface area contributed by atoms with E-state index in [0.717, 1.165) is 4.90 Å². The number of nitrogens with two attached hydrogens (primary N) is 1. The number of fused-ring (bicyclic) bond motifs is 1. The molecule has 7 nitrogen and oxygen atoms in total. The standard InChI is InChI=1S/C16H21N3O4S/c17-12-6-9-18(10-7-12)24(22,23)11-3-8-19-15(20)13-4-1-2-5-14(13)16(19)21/h1-2,4-5,12H,3,6-11,17H2. The minimum atomic E-state index is -3.37. The first-order chi connectivity index (χ1) is 11.4. The lowest BCUT2D eigenvalue weighted by Gasteiger charge is -2.29. The van der Waals surface area contributed by atoms with Crippen molar-refractivity contribution < 1.29 is 18.0 Å². The van der Waals surface area contributed by atoms with E-state index in [1.54, 1.807) is 24.3 Å². The third-order valence-corrected chi connectivity index (χ3v) is 6.51. The van der Waals surface area contributed by atoms with Crippen LogP contribution in [0.2, 0.25) is 0 Å². The van der Waals surface area contributed by atoms with Crippen LogP contribution in [-0.2, 0) is 10.0 Å². The van der Waals surface area contributed by atoms with Crippen LogP contribution in [0.1, 0.15) is 40.0 Å². The molecule has 1 aromatic rings. The Morgan fingerprint density at radius 1 is 1.04 bits per heavy atom. The van der Waals surface area contributed by atoms with Crippen molar-refractivity contribution in [1.82, 2.24) is 9.21 Å². The van der Waals surface area contributed by atoms with E-state index in [1.165, 1.54) is 4.31 Å². The maximum absolute atomic E-state index is 12.3. The molecule has 0 saturated carbocycles. The van der Waals surface area contributed by atoms with Crippen molar-refractivity contribution in [2.24, 2.45) is 5.73 Å². The molecule has 0 aliphatic carbocycles. The predicted octanol–water partition coefficient (Wildman–Crippen LogP) is 0.426. The molecule has 130 valence electrons. The summed E-state index contributed by atoms with van der Waals surface area (Å²) >= 11 is 0. The first-order valence-corrected chi connectivity index (χ1v) is 9.70. The number of amides is 2. The smallest absolute Gasteiger partial charge is 0.261 e. The molecule has 2 amide bonds. The third-order valence-electron chi connectivity index (χ3n) is 4.55. The van der Waals surface area contributed by atoms with Crippen molar-refractivity contribution >= 4 is 21.8 Å². The molecule has 1 aromatic carbocycles. The fourth-order valence-corrected chi connectivity index (χ4v) is 4.65. The van der Waals surface area contributed by atoms with Crippen molar-refractivity contribution in [3.8, 4) is 0 Å². The summed E-state index contributed by atoms with van der Waals surface area (Å²) in [6, 6.07) is 6.71. The molecule has 1 fully saturated rings. The Labute approximate surface area is 141 Å². The quantitative estimate of drug-likeness (QED) is 0.775. The Morgan fingerprint density at radius 2 is 1.58 bits per heavy atom. The Bertz CT molecular complexity index is 719. The summed E-state index contributed by atoms with van der Waals surface area (Å²) in [5.74, 6) is -0.774. The van der Waals surface area contributed by atoms with E-state index < -0.39 is 10.0 Å². The van der Waals surface area contributed by atoms with Crippen LogP contribution in [0, 0.1) is 0 Å². The van der Waals surface area contributed by atoms with Gasteiger partial charge in [0, 0.05) is 25.7 Å². The molecule has 0 aromatic heterocycles. The van der Waals surface area contributed by atoms with E-state index in [1.807, 2.05) is 0 Å². The molecule has 8 heteroatoms. The zero-order chi connectivity index (χ0) is 17.3. The van der Waals surface area contributed by atoms with Gasteiger partial charge in [-0.2, -0.15) is 0 Å². The van der Waals surface area contributed by atoms with Crippen LogP contribution >= 0.6 is 0 Å². The number of sulfonamides is 1. The second-order valence-electron chi connectivity index (χ2n) is 6.21. The number of rotatable bonds is 5. The van der Waals surface area contributed by atoms with E-state index >= 15 is 0 Å². The summed E-state index contributed by atoms with van der Waals surface area (Å²) in [6.07, 6.45) is 1.56. The number of piperidine rings is 1. The monoisotopic (exact) mass is 351 g/mol. The van der Waals surface area contributed by atoms with Crippen LogP contribution in [-0.4, -0.2) is 60.9 Å². The first kappa shape index (κ1) is 17.1.